The van der Waals surface area contributed by atoms with Crippen LogP contribution in [-0.4, -0.2) is 62.6 Å². The van der Waals surface area contributed by atoms with Crippen LogP contribution in [0.1, 0.15) is 55.7 Å². The second-order valence-corrected chi connectivity index (χ2v) is 8.49. The van der Waals surface area contributed by atoms with E-state index in [4.69, 9.17) is 4.74 Å². The first kappa shape index (κ1) is 20.4. The lowest BCUT2D eigenvalue weighted by molar-refractivity contribution is 0.0451. The predicted octanol–water partition coefficient (Wildman–Crippen LogP) is 3.79. The monoisotopic (exact) mass is 410 g/mol. The van der Waals surface area contributed by atoms with E-state index in [-0.39, 0.29) is 24.1 Å². The molecule has 30 heavy (non-hydrogen) atoms. The average Bonchev–Trinajstić information content (AvgIpc) is 3.47. The van der Waals surface area contributed by atoms with Gasteiger partial charge in [0.05, 0.1) is 6.10 Å². The standard InChI is InChI=1S/C23H30N4O3/c1-16(2)30-23(29)25-13-10-21(11-14-25)27(20-8-9-20)22(28)18-4-6-19(7-5-18)26-15-12-24-17(26)3/h4-7,12,15-16,20-21H,8-11,13-14H2,1-3H3. The molecule has 160 valence electrons. The van der Waals surface area contributed by atoms with Gasteiger partial charge in [-0.2, -0.15) is 0 Å². The number of imidazole rings is 1. The molecular weight excluding hydrogens is 380 g/mol. The van der Waals surface area contributed by atoms with Crippen molar-refractivity contribution < 1.29 is 14.3 Å². The number of aryl methyl sites for hydroxylation is 1. The molecule has 1 aliphatic heterocycles. The first-order chi connectivity index (χ1) is 14.4. The van der Waals surface area contributed by atoms with Crippen LogP contribution in [0.2, 0.25) is 0 Å². The molecule has 2 amide bonds. The normalized spacial score (nSPS) is 17.3. The van der Waals surface area contributed by atoms with E-state index < -0.39 is 0 Å². The summed E-state index contributed by atoms with van der Waals surface area (Å²) in [7, 11) is 0. The van der Waals surface area contributed by atoms with Gasteiger partial charge in [0.15, 0.2) is 0 Å². The topological polar surface area (TPSA) is 67.7 Å². The Labute approximate surface area is 177 Å². The van der Waals surface area contributed by atoms with Gasteiger partial charge >= 0.3 is 6.09 Å². The Hall–Kier alpha value is -2.83. The van der Waals surface area contributed by atoms with Crippen LogP contribution in [0.3, 0.4) is 0 Å². The summed E-state index contributed by atoms with van der Waals surface area (Å²) in [4.78, 5) is 33.6. The average molecular weight is 411 g/mol. The van der Waals surface area contributed by atoms with E-state index in [1.165, 1.54) is 0 Å². The number of piperidine rings is 1. The lowest BCUT2D eigenvalue weighted by atomic mass is 10.0. The summed E-state index contributed by atoms with van der Waals surface area (Å²) in [5.74, 6) is 1.01. The zero-order chi connectivity index (χ0) is 21.3. The molecule has 2 aromatic rings. The van der Waals surface area contributed by atoms with Crippen LogP contribution in [-0.2, 0) is 4.74 Å². The van der Waals surface area contributed by atoms with Crippen LogP contribution in [0.5, 0.6) is 0 Å². The van der Waals surface area contributed by atoms with Gasteiger partial charge in [0, 0.05) is 48.8 Å². The highest BCUT2D eigenvalue weighted by Gasteiger charge is 2.39. The number of hydrogen-bond acceptors (Lipinski definition) is 4. The van der Waals surface area contributed by atoms with Gasteiger partial charge in [-0.3, -0.25) is 4.79 Å². The van der Waals surface area contributed by atoms with Gasteiger partial charge < -0.3 is 19.1 Å². The van der Waals surface area contributed by atoms with E-state index in [9.17, 15) is 9.59 Å². The number of nitrogens with zero attached hydrogens (tertiary/aromatic N) is 4. The smallest absolute Gasteiger partial charge is 0.410 e. The first-order valence-corrected chi connectivity index (χ1v) is 10.8. The van der Waals surface area contributed by atoms with E-state index in [1.807, 2.05) is 55.8 Å². The number of aromatic nitrogens is 2. The molecular formula is C23H30N4O3. The number of amides is 2. The fourth-order valence-corrected chi connectivity index (χ4v) is 4.15. The highest BCUT2D eigenvalue weighted by Crippen LogP contribution is 2.33. The predicted molar refractivity (Wildman–Crippen MR) is 114 cm³/mol. The number of hydrogen-bond donors (Lipinski definition) is 0. The van der Waals surface area contributed by atoms with Crippen molar-refractivity contribution in [3.8, 4) is 5.69 Å². The Morgan fingerprint density at radius 3 is 2.23 bits per heavy atom. The van der Waals surface area contributed by atoms with E-state index >= 15 is 0 Å². The molecule has 0 radical (unpaired) electrons. The van der Waals surface area contributed by atoms with Crippen molar-refractivity contribution >= 4 is 12.0 Å². The molecule has 4 rings (SSSR count). The fourth-order valence-electron chi connectivity index (χ4n) is 4.15. The number of carbonyl (C=O) groups excluding carboxylic acids is 2. The van der Waals surface area contributed by atoms with Gasteiger partial charge in [0.1, 0.15) is 5.82 Å². The molecule has 0 N–H and O–H groups in total. The summed E-state index contributed by atoms with van der Waals surface area (Å²) in [6.45, 7) is 6.93. The summed E-state index contributed by atoms with van der Waals surface area (Å²) in [6.07, 6.45) is 7.03. The van der Waals surface area contributed by atoms with E-state index in [2.05, 4.69) is 9.88 Å². The van der Waals surface area contributed by atoms with Gasteiger partial charge in [-0.05, 0) is 70.7 Å². The van der Waals surface area contributed by atoms with E-state index in [0.29, 0.717) is 24.7 Å². The lowest BCUT2D eigenvalue weighted by Crippen LogP contribution is -2.50. The van der Waals surface area contributed by atoms with Gasteiger partial charge in [0.25, 0.3) is 5.91 Å². The van der Waals surface area contributed by atoms with Crippen LogP contribution in [0, 0.1) is 6.92 Å². The summed E-state index contributed by atoms with van der Waals surface area (Å²) in [5.41, 5.74) is 1.71. The minimum absolute atomic E-state index is 0.0922. The zero-order valence-electron chi connectivity index (χ0n) is 18.0. The number of benzene rings is 1. The Morgan fingerprint density at radius 2 is 1.70 bits per heavy atom. The summed E-state index contributed by atoms with van der Waals surface area (Å²) in [6, 6.07) is 8.24. The van der Waals surface area contributed by atoms with E-state index in [1.54, 1.807) is 11.1 Å². The molecule has 7 heteroatoms. The second-order valence-electron chi connectivity index (χ2n) is 8.49. The molecule has 2 heterocycles. The Bertz CT molecular complexity index is 893. The molecule has 1 saturated heterocycles. The van der Waals surface area contributed by atoms with Crippen LogP contribution in [0.25, 0.3) is 5.69 Å². The third-order valence-corrected chi connectivity index (χ3v) is 5.85. The van der Waals surface area contributed by atoms with Gasteiger partial charge in [-0.15, -0.1) is 0 Å². The van der Waals surface area contributed by atoms with Crippen LogP contribution < -0.4 is 0 Å². The van der Waals surface area contributed by atoms with Gasteiger partial charge in [-0.25, -0.2) is 9.78 Å². The van der Waals surface area contributed by atoms with Crippen molar-refractivity contribution in [3.05, 3.63) is 48.0 Å². The summed E-state index contributed by atoms with van der Waals surface area (Å²) in [5, 5.41) is 0. The third kappa shape index (κ3) is 4.35. The molecule has 2 aliphatic rings. The molecule has 0 atom stereocenters. The minimum Gasteiger partial charge on any atom is -0.447 e. The van der Waals surface area contributed by atoms with Crippen molar-refractivity contribution in [3.63, 3.8) is 0 Å². The Balaban J connectivity index is 1.43. The number of likely N-dealkylation sites (tertiary alicyclic amines) is 1. The van der Waals surface area contributed by atoms with Gasteiger partial charge in [0.2, 0.25) is 0 Å². The molecule has 0 unspecified atom stereocenters. The van der Waals surface area contributed by atoms with Crippen LogP contribution in [0.4, 0.5) is 4.79 Å². The van der Waals surface area contributed by atoms with Crippen molar-refractivity contribution in [2.75, 3.05) is 13.1 Å². The number of carbonyl (C=O) groups is 2. The minimum atomic E-state index is -0.252. The SMILES string of the molecule is Cc1nccn1-c1ccc(C(=O)N(C2CC2)C2CCN(C(=O)OC(C)C)CC2)cc1. The molecule has 7 nitrogen and oxygen atoms in total. The van der Waals surface area contributed by atoms with Crippen molar-refractivity contribution in [1.29, 1.82) is 0 Å². The summed E-state index contributed by atoms with van der Waals surface area (Å²) >= 11 is 0. The maximum absolute atomic E-state index is 13.4. The fraction of sp³-hybridized carbons (Fsp3) is 0.522. The van der Waals surface area contributed by atoms with Crippen LogP contribution in [0.15, 0.2) is 36.7 Å². The maximum Gasteiger partial charge on any atom is 0.410 e. The molecule has 1 saturated carbocycles. The highest BCUT2D eigenvalue weighted by atomic mass is 16.6. The summed E-state index contributed by atoms with van der Waals surface area (Å²) < 4.78 is 7.31. The highest BCUT2D eigenvalue weighted by molar-refractivity contribution is 5.95. The van der Waals surface area contributed by atoms with E-state index in [0.717, 1.165) is 37.2 Å². The quantitative estimate of drug-likeness (QED) is 0.752. The Morgan fingerprint density at radius 1 is 1.07 bits per heavy atom. The van der Waals surface area contributed by atoms with Crippen molar-refractivity contribution in [2.45, 2.75) is 64.6 Å². The number of ether oxygens (including phenoxy) is 1. The number of rotatable bonds is 5. The second kappa shape index (κ2) is 8.50. The molecule has 1 aromatic heterocycles. The third-order valence-electron chi connectivity index (χ3n) is 5.85. The maximum atomic E-state index is 13.4. The molecule has 0 spiro atoms. The van der Waals surface area contributed by atoms with Crippen molar-refractivity contribution in [2.24, 2.45) is 0 Å². The largest absolute Gasteiger partial charge is 0.447 e. The van der Waals surface area contributed by atoms with Crippen molar-refractivity contribution in [1.82, 2.24) is 19.4 Å². The van der Waals surface area contributed by atoms with Crippen LogP contribution >= 0.6 is 0 Å². The lowest BCUT2D eigenvalue weighted by Gasteiger charge is -2.38. The first-order valence-electron chi connectivity index (χ1n) is 10.8. The molecule has 1 aliphatic carbocycles. The molecule has 1 aromatic carbocycles. The van der Waals surface area contributed by atoms with Gasteiger partial charge in [-0.1, -0.05) is 0 Å². The molecule has 0 bridgehead atoms. The Kier molecular flexibility index (Phi) is 5.79. The zero-order valence-corrected chi connectivity index (χ0v) is 18.0. The molecule has 2 fully saturated rings.